The van der Waals surface area contributed by atoms with Crippen LogP contribution in [0.3, 0.4) is 0 Å². The molecule has 2 N–H and O–H groups in total. The van der Waals surface area contributed by atoms with E-state index in [2.05, 4.69) is 17.1 Å². The molecule has 0 saturated carbocycles. The minimum Gasteiger partial charge on any atom is -0.491 e. The van der Waals surface area contributed by atoms with Gasteiger partial charge in [-0.15, -0.1) is 0 Å². The fourth-order valence-corrected chi connectivity index (χ4v) is 5.23. The molecule has 2 heterocycles. The molecule has 0 fully saturated rings. The Hall–Kier alpha value is -3.39. The van der Waals surface area contributed by atoms with Crippen molar-refractivity contribution in [2.45, 2.75) is 45.1 Å². The highest BCUT2D eigenvalue weighted by molar-refractivity contribution is 7.17. The quantitative estimate of drug-likeness (QED) is 0.544. The van der Waals surface area contributed by atoms with Gasteiger partial charge in [0, 0.05) is 19.6 Å². The first kappa shape index (κ1) is 25.7. The fourth-order valence-electron chi connectivity index (χ4n) is 4.59. The monoisotopic (exact) mass is 506 g/mol. The first-order valence-corrected chi connectivity index (χ1v) is 13.5. The molecule has 0 saturated heterocycles. The molecule has 190 valence electrons. The lowest BCUT2D eigenvalue weighted by Crippen LogP contribution is -2.45. The SMILES string of the molecule is CCN1CCCCCCN(C(=O)c2cnc(N)s2)[C@@H](Cc2ccccc2)COc2ccccc2C1=O. The van der Waals surface area contributed by atoms with Crippen LogP contribution in [0.5, 0.6) is 5.75 Å². The third-order valence-electron chi connectivity index (χ3n) is 6.54. The number of nitrogen functional groups attached to an aromatic ring is 1. The second-order valence-corrected chi connectivity index (χ2v) is 10.1. The van der Waals surface area contributed by atoms with Gasteiger partial charge < -0.3 is 20.3 Å². The van der Waals surface area contributed by atoms with Crippen LogP contribution in [0.1, 0.15) is 58.2 Å². The number of hydrogen-bond acceptors (Lipinski definition) is 6. The molecule has 1 aliphatic rings. The number of rotatable bonds is 4. The standard InChI is InChI=1S/C28H34N4O3S/c1-2-31-16-10-3-4-11-17-32(27(34)25-19-30-28(29)36-25)22(18-21-12-6-5-7-13-21)20-35-24-15-9-8-14-23(24)26(31)33/h5-9,12-15,19,22H,2-4,10-11,16-18,20H2,1H3,(H2,29,30)/t22-/m0/s1. The van der Waals surface area contributed by atoms with Crippen molar-refractivity contribution in [2.75, 3.05) is 32.0 Å². The van der Waals surface area contributed by atoms with Gasteiger partial charge in [-0.2, -0.15) is 0 Å². The van der Waals surface area contributed by atoms with E-state index < -0.39 is 0 Å². The number of ether oxygens (including phenoxy) is 1. The summed E-state index contributed by atoms with van der Waals surface area (Å²) in [6, 6.07) is 17.3. The highest BCUT2D eigenvalue weighted by atomic mass is 32.1. The maximum atomic E-state index is 13.7. The number of nitrogens with two attached hydrogens (primary N) is 1. The van der Waals surface area contributed by atoms with Crippen molar-refractivity contribution in [3.63, 3.8) is 0 Å². The van der Waals surface area contributed by atoms with Crippen LogP contribution in [0, 0.1) is 0 Å². The highest BCUT2D eigenvalue weighted by Crippen LogP contribution is 2.24. The molecule has 2 aromatic carbocycles. The molecule has 0 spiro atoms. The van der Waals surface area contributed by atoms with Crippen molar-refractivity contribution in [2.24, 2.45) is 0 Å². The number of carbonyl (C=O) groups excluding carboxylic acids is 2. The van der Waals surface area contributed by atoms with E-state index in [1.54, 1.807) is 6.20 Å². The molecule has 4 rings (SSSR count). The summed E-state index contributed by atoms with van der Waals surface area (Å²) in [5.74, 6) is 0.450. The van der Waals surface area contributed by atoms with E-state index in [0.29, 0.717) is 47.4 Å². The Labute approximate surface area is 216 Å². The van der Waals surface area contributed by atoms with Gasteiger partial charge in [-0.25, -0.2) is 4.98 Å². The lowest BCUT2D eigenvalue weighted by Gasteiger charge is -2.32. The van der Waals surface area contributed by atoms with Crippen molar-refractivity contribution >= 4 is 28.3 Å². The van der Waals surface area contributed by atoms with E-state index in [1.165, 1.54) is 11.3 Å². The zero-order chi connectivity index (χ0) is 25.3. The van der Waals surface area contributed by atoms with Crippen molar-refractivity contribution in [3.8, 4) is 5.75 Å². The van der Waals surface area contributed by atoms with Gasteiger partial charge in [-0.1, -0.05) is 66.6 Å². The summed E-state index contributed by atoms with van der Waals surface area (Å²) in [6.07, 6.45) is 5.98. The number of anilines is 1. The Morgan fingerprint density at radius 3 is 2.50 bits per heavy atom. The number of amides is 2. The van der Waals surface area contributed by atoms with E-state index in [4.69, 9.17) is 10.5 Å². The molecule has 1 aliphatic heterocycles. The van der Waals surface area contributed by atoms with Crippen LogP contribution >= 0.6 is 11.3 Å². The number of benzene rings is 2. The molecule has 1 aromatic heterocycles. The third kappa shape index (κ3) is 6.43. The predicted octanol–water partition coefficient (Wildman–Crippen LogP) is 4.89. The lowest BCUT2D eigenvalue weighted by atomic mass is 10.0. The average Bonchev–Trinajstić information content (AvgIpc) is 3.34. The van der Waals surface area contributed by atoms with Gasteiger partial charge in [0.05, 0.1) is 17.8 Å². The van der Waals surface area contributed by atoms with Gasteiger partial charge in [0.25, 0.3) is 11.8 Å². The summed E-state index contributed by atoms with van der Waals surface area (Å²) in [5.41, 5.74) is 7.52. The molecule has 1 atom stereocenters. The molecule has 36 heavy (non-hydrogen) atoms. The number of aromatic nitrogens is 1. The minimum atomic E-state index is -0.225. The summed E-state index contributed by atoms with van der Waals surface area (Å²) >= 11 is 1.21. The van der Waals surface area contributed by atoms with Gasteiger partial charge in [0.2, 0.25) is 0 Å². The second-order valence-electron chi connectivity index (χ2n) is 9.01. The third-order valence-corrected chi connectivity index (χ3v) is 7.36. The molecular formula is C28H34N4O3S. The Balaban J connectivity index is 1.68. The van der Waals surface area contributed by atoms with Gasteiger partial charge in [-0.3, -0.25) is 9.59 Å². The zero-order valence-electron chi connectivity index (χ0n) is 20.8. The topological polar surface area (TPSA) is 88.8 Å². The van der Waals surface area contributed by atoms with E-state index in [9.17, 15) is 9.59 Å². The van der Waals surface area contributed by atoms with Crippen molar-refractivity contribution in [1.29, 1.82) is 0 Å². The first-order chi connectivity index (χ1) is 17.6. The predicted molar refractivity (Wildman–Crippen MR) is 143 cm³/mol. The molecule has 2 amide bonds. The van der Waals surface area contributed by atoms with Crippen LogP contribution in [-0.2, 0) is 6.42 Å². The Kier molecular flexibility index (Phi) is 8.95. The number of para-hydroxylation sites is 1. The van der Waals surface area contributed by atoms with Crippen molar-refractivity contribution in [3.05, 3.63) is 76.8 Å². The van der Waals surface area contributed by atoms with E-state index in [0.717, 1.165) is 31.2 Å². The molecule has 0 bridgehead atoms. The number of hydrogen-bond donors (Lipinski definition) is 1. The average molecular weight is 507 g/mol. The van der Waals surface area contributed by atoms with Crippen molar-refractivity contribution < 1.29 is 14.3 Å². The zero-order valence-corrected chi connectivity index (χ0v) is 21.6. The van der Waals surface area contributed by atoms with Crippen LogP contribution in [0.4, 0.5) is 5.13 Å². The van der Waals surface area contributed by atoms with Gasteiger partial charge >= 0.3 is 0 Å². The largest absolute Gasteiger partial charge is 0.491 e. The van der Waals surface area contributed by atoms with Gasteiger partial charge in [0.15, 0.2) is 5.13 Å². The molecular weight excluding hydrogens is 472 g/mol. The lowest BCUT2D eigenvalue weighted by molar-refractivity contribution is 0.0602. The maximum Gasteiger partial charge on any atom is 0.266 e. The minimum absolute atomic E-state index is 0.0159. The molecule has 0 radical (unpaired) electrons. The maximum absolute atomic E-state index is 13.7. The molecule has 7 nitrogen and oxygen atoms in total. The Morgan fingerprint density at radius 1 is 1.06 bits per heavy atom. The number of fused-ring (bicyclic) bond motifs is 1. The molecule has 0 aliphatic carbocycles. The van der Waals surface area contributed by atoms with Crippen LogP contribution in [0.15, 0.2) is 60.8 Å². The van der Waals surface area contributed by atoms with E-state index >= 15 is 0 Å². The van der Waals surface area contributed by atoms with Crippen LogP contribution in [-0.4, -0.2) is 58.9 Å². The second kappa shape index (κ2) is 12.5. The molecule has 8 heteroatoms. The Morgan fingerprint density at radius 2 is 1.78 bits per heavy atom. The summed E-state index contributed by atoms with van der Waals surface area (Å²) in [6.45, 7) is 4.27. The summed E-state index contributed by atoms with van der Waals surface area (Å²) in [7, 11) is 0. The van der Waals surface area contributed by atoms with Gasteiger partial charge in [0.1, 0.15) is 17.2 Å². The summed E-state index contributed by atoms with van der Waals surface area (Å²) in [4.78, 5) is 35.4. The number of nitrogens with zero attached hydrogens (tertiary/aromatic N) is 3. The smallest absolute Gasteiger partial charge is 0.266 e. The summed E-state index contributed by atoms with van der Waals surface area (Å²) in [5, 5.41) is 0.379. The molecule has 3 aromatic rings. The van der Waals surface area contributed by atoms with E-state index in [-0.39, 0.29) is 24.5 Å². The fraction of sp³-hybridized carbons (Fsp3) is 0.393. The van der Waals surface area contributed by atoms with Crippen LogP contribution in [0.2, 0.25) is 0 Å². The molecule has 0 unspecified atom stereocenters. The highest BCUT2D eigenvalue weighted by Gasteiger charge is 2.28. The van der Waals surface area contributed by atoms with E-state index in [1.807, 2.05) is 59.2 Å². The van der Waals surface area contributed by atoms with Crippen LogP contribution in [0.25, 0.3) is 0 Å². The van der Waals surface area contributed by atoms with Crippen LogP contribution < -0.4 is 10.5 Å². The van der Waals surface area contributed by atoms with Crippen molar-refractivity contribution in [1.82, 2.24) is 14.8 Å². The Bertz CT molecular complexity index is 1150. The normalized spacial score (nSPS) is 17.7. The number of carbonyl (C=O) groups is 2. The number of thiazole rings is 1. The van der Waals surface area contributed by atoms with Gasteiger partial charge in [-0.05, 0) is 43.9 Å². The summed E-state index contributed by atoms with van der Waals surface area (Å²) < 4.78 is 6.32. The first-order valence-electron chi connectivity index (χ1n) is 12.6.